The predicted molar refractivity (Wildman–Crippen MR) is 58.5 cm³/mol. The molecule has 0 atom stereocenters. The van der Waals surface area contributed by atoms with Gasteiger partial charge in [-0.3, -0.25) is 4.79 Å². The van der Waals surface area contributed by atoms with Crippen LogP contribution in [0.25, 0.3) is 0 Å². The van der Waals surface area contributed by atoms with E-state index in [1.807, 2.05) is 6.07 Å². The van der Waals surface area contributed by atoms with Gasteiger partial charge >= 0.3 is 5.97 Å². The van der Waals surface area contributed by atoms with Gasteiger partial charge in [0.1, 0.15) is 5.82 Å². The Kier molecular flexibility index (Phi) is 4.80. The smallest absolute Gasteiger partial charge is 0.306 e. The molecule has 0 fully saturated rings. The van der Waals surface area contributed by atoms with E-state index >= 15 is 0 Å². The number of nitriles is 1. The van der Waals surface area contributed by atoms with Crippen LogP contribution >= 0.6 is 11.8 Å². The van der Waals surface area contributed by atoms with E-state index in [-0.39, 0.29) is 18.0 Å². The van der Waals surface area contributed by atoms with Gasteiger partial charge in [0.2, 0.25) is 0 Å². The number of ether oxygens (including phenoxy) is 1. The van der Waals surface area contributed by atoms with Gasteiger partial charge in [-0.2, -0.15) is 5.26 Å². The molecule has 0 N–H and O–H groups in total. The first-order valence-electron chi connectivity index (χ1n) is 4.56. The van der Waals surface area contributed by atoms with Crippen molar-refractivity contribution in [3.63, 3.8) is 0 Å². The fourth-order valence-corrected chi connectivity index (χ4v) is 1.98. The summed E-state index contributed by atoms with van der Waals surface area (Å²) < 4.78 is 17.5. The summed E-state index contributed by atoms with van der Waals surface area (Å²) in [5.41, 5.74) is 0.278. The van der Waals surface area contributed by atoms with Gasteiger partial charge in [-0.1, -0.05) is 0 Å². The molecule has 0 aliphatic rings. The van der Waals surface area contributed by atoms with Gasteiger partial charge in [0, 0.05) is 10.6 Å². The molecule has 16 heavy (non-hydrogen) atoms. The second kappa shape index (κ2) is 6.13. The minimum atomic E-state index is -0.445. The van der Waals surface area contributed by atoms with Crippen LogP contribution in [0.15, 0.2) is 23.1 Å². The van der Waals surface area contributed by atoms with Crippen molar-refractivity contribution in [1.82, 2.24) is 0 Å². The van der Waals surface area contributed by atoms with E-state index in [1.54, 1.807) is 6.07 Å². The fraction of sp³-hybridized carbons (Fsp3) is 0.273. The Morgan fingerprint density at radius 3 is 2.94 bits per heavy atom. The first-order chi connectivity index (χ1) is 7.65. The van der Waals surface area contributed by atoms with Crippen LogP contribution in [0.1, 0.15) is 12.0 Å². The van der Waals surface area contributed by atoms with Gasteiger partial charge in [-0.15, -0.1) is 11.8 Å². The largest absolute Gasteiger partial charge is 0.469 e. The summed E-state index contributed by atoms with van der Waals surface area (Å²) in [5, 5.41) is 8.64. The molecule has 0 unspecified atom stereocenters. The summed E-state index contributed by atoms with van der Waals surface area (Å²) in [5.74, 6) is -0.245. The number of nitrogens with zero attached hydrogens (tertiary/aromatic N) is 1. The summed E-state index contributed by atoms with van der Waals surface area (Å²) in [6, 6.07) is 5.97. The number of benzene rings is 1. The van der Waals surface area contributed by atoms with Crippen LogP contribution in [0.5, 0.6) is 0 Å². The first-order valence-corrected chi connectivity index (χ1v) is 5.54. The van der Waals surface area contributed by atoms with E-state index in [0.29, 0.717) is 10.6 Å². The van der Waals surface area contributed by atoms with Crippen molar-refractivity contribution in [2.45, 2.75) is 11.3 Å². The van der Waals surface area contributed by atoms with Gasteiger partial charge in [-0.05, 0) is 18.2 Å². The summed E-state index contributed by atoms with van der Waals surface area (Å²) in [4.78, 5) is 11.5. The molecule has 0 aromatic heterocycles. The highest BCUT2D eigenvalue weighted by atomic mass is 32.2. The molecule has 0 bridgehead atoms. The number of thioether (sulfide) groups is 1. The fourth-order valence-electron chi connectivity index (χ4n) is 1.06. The van der Waals surface area contributed by atoms with E-state index in [9.17, 15) is 9.18 Å². The Bertz CT molecular complexity index is 428. The molecule has 3 nitrogen and oxygen atoms in total. The highest BCUT2D eigenvalue weighted by Crippen LogP contribution is 2.21. The van der Waals surface area contributed by atoms with Gasteiger partial charge in [0.05, 0.1) is 25.2 Å². The van der Waals surface area contributed by atoms with E-state index in [1.165, 1.54) is 31.0 Å². The lowest BCUT2D eigenvalue weighted by atomic mass is 10.2. The van der Waals surface area contributed by atoms with Crippen molar-refractivity contribution >= 4 is 17.7 Å². The van der Waals surface area contributed by atoms with E-state index in [2.05, 4.69) is 4.74 Å². The van der Waals surface area contributed by atoms with Crippen LogP contribution in [-0.2, 0) is 9.53 Å². The second-order valence-corrected chi connectivity index (χ2v) is 4.13. The lowest BCUT2D eigenvalue weighted by Crippen LogP contribution is -2.00. The summed E-state index contributed by atoms with van der Waals surface area (Å²) >= 11 is 1.32. The van der Waals surface area contributed by atoms with Gasteiger partial charge in [0.15, 0.2) is 0 Å². The molecule has 0 aliphatic heterocycles. The number of esters is 1. The van der Waals surface area contributed by atoms with Crippen molar-refractivity contribution in [1.29, 1.82) is 5.26 Å². The molecule has 0 radical (unpaired) electrons. The second-order valence-electron chi connectivity index (χ2n) is 2.96. The first kappa shape index (κ1) is 12.5. The number of hydrogen-bond donors (Lipinski definition) is 0. The van der Waals surface area contributed by atoms with Crippen LogP contribution < -0.4 is 0 Å². The zero-order valence-electron chi connectivity index (χ0n) is 8.70. The van der Waals surface area contributed by atoms with Crippen molar-refractivity contribution in [2.75, 3.05) is 12.9 Å². The summed E-state index contributed by atoms with van der Waals surface area (Å²) in [7, 11) is 1.32. The molecule has 0 heterocycles. The van der Waals surface area contributed by atoms with Crippen molar-refractivity contribution in [3.05, 3.63) is 29.6 Å². The number of hydrogen-bond acceptors (Lipinski definition) is 4. The third-order valence-electron chi connectivity index (χ3n) is 1.80. The van der Waals surface area contributed by atoms with Gasteiger partial charge < -0.3 is 4.74 Å². The van der Waals surface area contributed by atoms with Crippen molar-refractivity contribution < 1.29 is 13.9 Å². The minimum absolute atomic E-state index is 0.263. The summed E-state index contributed by atoms with van der Waals surface area (Å²) in [6.45, 7) is 0. The van der Waals surface area contributed by atoms with Crippen molar-refractivity contribution in [3.8, 4) is 6.07 Å². The number of rotatable bonds is 4. The van der Waals surface area contributed by atoms with E-state index in [4.69, 9.17) is 5.26 Å². The topological polar surface area (TPSA) is 50.1 Å². The SMILES string of the molecule is COC(=O)CCSc1cc(F)cc(C#N)c1. The van der Waals surface area contributed by atoms with Crippen LogP contribution in [0.3, 0.4) is 0 Å². The standard InChI is InChI=1S/C11H10FNO2S/c1-15-11(14)2-3-16-10-5-8(7-13)4-9(12)6-10/h4-6H,2-3H2,1H3. The van der Waals surface area contributed by atoms with Crippen molar-refractivity contribution in [2.24, 2.45) is 0 Å². The maximum absolute atomic E-state index is 13.0. The molecular formula is C11H10FNO2S. The number of methoxy groups -OCH3 is 1. The average Bonchev–Trinajstić information content (AvgIpc) is 2.28. The lowest BCUT2D eigenvalue weighted by Gasteiger charge is -2.01. The number of halogens is 1. The Balaban J connectivity index is 2.57. The number of carbonyl (C=O) groups is 1. The molecule has 1 aromatic carbocycles. The van der Waals surface area contributed by atoms with E-state index in [0.717, 1.165) is 0 Å². The molecule has 0 saturated carbocycles. The molecule has 0 spiro atoms. The molecular weight excluding hydrogens is 229 g/mol. The molecule has 0 amide bonds. The third kappa shape index (κ3) is 3.91. The van der Waals surface area contributed by atoms with Gasteiger partial charge in [-0.25, -0.2) is 4.39 Å². The zero-order valence-corrected chi connectivity index (χ0v) is 9.51. The molecule has 0 aliphatic carbocycles. The monoisotopic (exact) mass is 239 g/mol. The average molecular weight is 239 g/mol. The van der Waals surface area contributed by atoms with Gasteiger partial charge in [0.25, 0.3) is 0 Å². The Labute approximate surface area is 97.2 Å². The Hall–Kier alpha value is -1.54. The Morgan fingerprint density at radius 1 is 1.56 bits per heavy atom. The minimum Gasteiger partial charge on any atom is -0.469 e. The Morgan fingerprint density at radius 2 is 2.31 bits per heavy atom. The molecule has 1 aromatic rings. The molecule has 84 valence electrons. The number of carbonyl (C=O) groups excluding carboxylic acids is 1. The predicted octanol–water partition coefficient (Wildman–Crippen LogP) is 2.35. The highest BCUT2D eigenvalue weighted by Gasteiger charge is 2.03. The third-order valence-corrected chi connectivity index (χ3v) is 2.78. The maximum Gasteiger partial charge on any atom is 0.306 e. The molecule has 5 heteroatoms. The van der Waals surface area contributed by atoms with E-state index < -0.39 is 5.82 Å². The van der Waals surface area contributed by atoms with Crippen LogP contribution in [0.4, 0.5) is 4.39 Å². The normalized spacial score (nSPS) is 9.56. The molecule has 1 rings (SSSR count). The van der Waals surface area contributed by atoms with Crippen LogP contribution in [-0.4, -0.2) is 18.8 Å². The quantitative estimate of drug-likeness (QED) is 0.597. The lowest BCUT2D eigenvalue weighted by molar-refractivity contribution is -0.140. The molecule has 0 saturated heterocycles. The summed E-state index contributed by atoms with van der Waals surface area (Å²) in [6.07, 6.45) is 0.263. The maximum atomic E-state index is 13.0. The van der Waals surface area contributed by atoms with Crippen LogP contribution in [0, 0.1) is 17.1 Å². The van der Waals surface area contributed by atoms with Crippen LogP contribution in [0.2, 0.25) is 0 Å². The zero-order chi connectivity index (χ0) is 12.0. The highest BCUT2D eigenvalue weighted by molar-refractivity contribution is 7.99.